The number of carbonyl (C=O) groups is 1. The average Bonchev–Trinajstić information content (AvgIpc) is 2.33. The van der Waals surface area contributed by atoms with Crippen molar-refractivity contribution in [2.75, 3.05) is 12.3 Å². The molecule has 0 fully saturated rings. The maximum Gasteiger partial charge on any atom is 0.244 e. The fourth-order valence-corrected chi connectivity index (χ4v) is 1.36. The third kappa shape index (κ3) is 4.70. The highest BCUT2D eigenvalue weighted by Crippen LogP contribution is 2.07. The Morgan fingerprint density at radius 2 is 2.35 bits per heavy atom. The number of aliphatic hydroxyl groups is 1. The van der Waals surface area contributed by atoms with E-state index in [0.29, 0.717) is 12.1 Å². The van der Waals surface area contributed by atoms with Crippen molar-refractivity contribution in [3.63, 3.8) is 0 Å². The number of amides is 1. The zero-order valence-corrected chi connectivity index (χ0v) is 9.89. The minimum Gasteiger partial charge on any atom is -0.399 e. The zero-order valence-electron chi connectivity index (χ0n) is 9.89. The zero-order chi connectivity index (χ0) is 12.7. The first kappa shape index (κ1) is 13.3. The van der Waals surface area contributed by atoms with Gasteiger partial charge < -0.3 is 16.2 Å². The summed E-state index contributed by atoms with van der Waals surface area (Å²) in [5.74, 6) is -0.215. The van der Waals surface area contributed by atoms with E-state index in [1.165, 1.54) is 6.08 Å². The van der Waals surface area contributed by atoms with E-state index in [4.69, 9.17) is 10.8 Å². The van der Waals surface area contributed by atoms with Gasteiger partial charge in [0.25, 0.3) is 0 Å². The number of nitrogens with one attached hydrogen (secondary N) is 1. The number of nitrogen functional groups attached to an aromatic ring is 1. The molecule has 1 unspecified atom stereocenters. The van der Waals surface area contributed by atoms with Gasteiger partial charge in [0.2, 0.25) is 5.91 Å². The second kappa shape index (κ2) is 6.70. The lowest BCUT2D eigenvalue weighted by molar-refractivity contribution is -0.117. The standard InChI is InChI=1S/C13H18N2O2/c1-2-12(9-16)15-13(17)7-6-10-4-3-5-11(14)8-10/h3-8,12,16H,2,9,14H2,1H3,(H,15,17)/b7-6+. The highest BCUT2D eigenvalue weighted by molar-refractivity contribution is 5.92. The van der Waals surface area contributed by atoms with Crippen molar-refractivity contribution in [3.8, 4) is 0 Å². The molecule has 0 bridgehead atoms. The van der Waals surface area contributed by atoms with Gasteiger partial charge in [-0.2, -0.15) is 0 Å². The van der Waals surface area contributed by atoms with E-state index in [9.17, 15) is 4.79 Å². The lowest BCUT2D eigenvalue weighted by atomic mass is 10.2. The molecule has 0 aliphatic heterocycles. The normalized spacial score (nSPS) is 12.6. The first-order chi connectivity index (χ1) is 8.15. The van der Waals surface area contributed by atoms with Crippen LogP contribution in [-0.4, -0.2) is 23.7 Å². The molecule has 0 heterocycles. The summed E-state index contributed by atoms with van der Waals surface area (Å²) >= 11 is 0. The van der Waals surface area contributed by atoms with Crippen LogP contribution in [0.1, 0.15) is 18.9 Å². The molecular formula is C13H18N2O2. The minimum atomic E-state index is -0.215. The Bertz CT molecular complexity index is 398. The number of carbonyl (C=O) groups excluding carboxylic acids is 1. The van der Waals surface area contributed by atoms with Crippen LogP contribution >= 0.6 is 0 Å². The third-order valence-corrected chi connectivity index (χ3v) is 2.40. The van der Waals surface area contributed by atoms with Gasteiger partial charge in [0.15, 0.2) is 0 Å². The summed E-state index contributed by atoms with van der Waals surface area (Å²) in [5, 5.41) is 11.6. The van der Waals surface area contributed by atoms with Gasteiger partial charge in [-0.25, -0.2) is 0 Å². The Labute approximate surface area is 101 Å². The van der Waals surface area contributed by atoms with Crippen LogP contribution in [0.2, 0.25) is 0 Å². The van der Waals surface area contributed by atoms with Crippen molar-refractivity contribution < 1.29 is 9.90 Å². The summed E-state index contributed by atoms with van der Waals surface area (Å²) in [6, 6.07) is 7.08. The smallest absolute Gasteiger partial charge is 0.244 e. The van der Waals surface area contributed by atoms with Gasteiger partial charge in [-0.05, 0) is 30.2 Å². The van der Waals surface area contributed by atoms with Gasteiger partial charge in [0.1, 0.15) is 0 Å². The largest absolute Gasteiger partial charge is 0.399 e. The Kier molecular flexibility index (Phi) is 5.23. The van der Waals surface area contributed by atoms with E-state index in [0.717, 1.165) is 5.56 Å². The summed E-state index contributed by atoms with van der Waals surface area (Å²) in [6.07, 6.45) is 3.83. The molecule has 1 aromatic rings. The van der Waals surface area contributed by atoms with Crippen LogP contribution < -0.4 is 11.1 Å². The van der Waals surface area contributed by atoms with Crippen LogP contribution in [0.25, 0.3) is 6.08 Å². The van der Waals surface area contributed by atoms with Crippen LogP contribution in [0.15, 0.2) is 30.3 Å². The lowest BCUT2D eigenvalue weighted by Gasteiger charge is -2.11. The molecule has 1 aromatic carbocycles. The van der Waals surface area contributed by atoms with E-state index in [2.05, 4.69) is 5.32 Å². The fourth-order valence-electron chi connectivity index (χ4n) is 1.36. The van der Waals surface area contributed by atoms with Crippen LogP contribution in [-0.2, 0) is 4.79 Å². The van der Waals surface area contributed by atoms with Gasteiger partial charge in [-0.3, -0.25) is 4.79 Å². The predicted molar refractivity (Wildman–Crippen MR) is 69.2 cm³/mol. The van der Waals surface area contributed by atoms with Crippen molar-refractivity contribution in [1.29, 1.82) is 0 Å². The average molecular weight is 234 g/mol. The van der Waals surface area contributed by atoms with Crippen LogP contribution in [0, 0.1) is 0 Å². The third-order valence-electron chi connectivity index (χ3n) is 2.40. The molecule has 0 aromatic heterocycles. The fraction of sp³-hybridized carbons (Fsp3) is 0.308. The Hall–Kier alpha value is -1.81. The highest BCUT2D eigenvalue weighted by atomic mass is 16.3. The second-order valence-electron chi connectivity index (χ2n) is 3.80. The number of anilines is 1. The number of benzene rings is 1. The number of aliphatic hydroxyl groups excluding tert-OH is 1. The molecule has 0 aliphatic carbocycles. The SMILES string of the molecule is CCC(CO)NC(=O)/C=C/c1cccc(N)c1. The Balaban J connectivity index is 2.56. The quantitative estimate of drug-likeness (QED) is 0.529. The van der Waals surface area contributed by atoms with Crippen molar-refractivity contribution in [2.24, 2.45) is 0 Å². The first-order valence-electron chi connectivity index (χ1n) is 5.60. The molecule has 4 N–H and O–H groups in total. The predicted octanol–water partition coefficient (Wildman–Crippen LogP) is 1.17. The van der Waals surface area contributed by atoms with E-state index >= 15 is 0 Å². The minimum absolute atomic E-state index is 0.0473. The summed E-state index contributed by atoms with van der Waals surface area (Å²) in [6.45, 7) is 1.86. The van der Waals surface area contributed by atoms with Crippen molar-refractivity contribution in [3.05, 3.63) is 35.9 Å². The van der Waals surface area contributed by atoms with E-state index in [-0.39, 0.29) is 18.6 Å². The molecule has 1 rings (SSSR count). The van der Waals surface area contributed by atoms with Gasteiger partial charge in [0.05, 0.1) is 12.6 Å². The number of nitrogens with two attached hydrogens (primary N) is 1. The Morgan fingerprint density at radius 1 is 1.59 bits per heavy atom. The van der Waals surface area contributed by atoms with Gasteiger partial charge in [-0.1, -0.05) is 19.1 Å². The molecule has 1 atom stereocenters. The number of rotatable bonds is 5. The summed E-state index contributed by atoms with van der Waals surface area (Å²) in [5.41, 5.74) is 7.16. The second-order valence-corrected chi connectivity index (χ2v) is 3.80. The molecule has 4 nitrogen and oxygen atoms in total. The molecule has 17 heavy (non-hydrogen) atoms. The molecule has 0 radical (unpaired) electrons. The van der Waals surface area contributed by atoms with Gasteiger partial charge in [-0.15, -0.1) is 0 Å². The molecule has 4 heteroatoms. The van der Waals surface area contributed by atoms with Crippen LogP contribution in [0.4, 0.5) is 5.69 Å². The molecule has 1 amide bonds. The monoisotopic (exact) mass is 234 g/mol. The van der Waals surface area contributed by atoms with Crippen molar-refractivity contribution >= 4 is 17.7 Å². The molecule has 0 spiro atoms. The first-order valence-corrected chi connectivity index (χ1v) is 5.60. The molecule has 0 saturated heterocycles. The molecular weight excluding hydrogens is 216 g/mol. The number of hydrogen-bond donors (Lipinski definition) is 3. The van der Waals surface area contributed by atoms with Crippen LogP contribution in [0.5, 0.6) is 0 Å². The maximum atomic E-state index is 11.5. The van der Waals surface area contributed by atoms with E-state index in [1.54, 1.807) is 18.2 Å². The lowest BCUT2D eigenvalue weighted by Crippen LogP contribution is -2.35. The van der Waals surface area contributed by atoms with E-state index in [1.807, 2.05) is 19.1 Å². The molecule has 0 aliphatic rings. The Morgan fingerprint density at radius 3 is 2.94 bits per heavy atom. The van der Waals surface area contributed by atoms with Crippen LogP contribution in [0.3, 0.4) is 0 Å². The van der Waals surface area contributed by atoms with Crippen molar-refractivity contribution in [2.45, 2.75) is 19.4 Å². The van der Waals surface area contributed by atoms with E-state index < -0.39 is 0 Å². The van der Waals surface area contributed by atoms with Crippen molar-refractivity contribution in [1.82, 2.24) is 5.32 Å². The van der Waals surface area contributed by atoms with Gasteiger partial charge in [0, 0.05) is 11.8 Å². The molecule has 0 saturated carbocycles. The van der Waals surface area contributed by atoms with Gasteiger partial charge >= 0.3 is 0 Å². The summed E-state index contributed by atoms with van der Waals surface area (Å²) < 4.78 is 0. The molecule has 92 valence electrons. The summed E-state index contributed by atoms with van der Waals surface area (Å²) in [7, 11) is 0. The highest BCUT2D eigenvalue weighted by Gasteiger charge is 2.05. The maximum absolute atomic E-state index is 11.5. The topological polar surface area (TPSA) is 75.3 Å². The number of hydrogen-bond acceptors (Lipinski definition) is 3. The summed E-state index contributed by atoms with van der Waals surface area (Å²) in [4.78, 5) is 11.5.